The lowest BCUT2D eigenvalue weighted by Crippen LogP contribution is -2.36. The van der Waals surface area contributed by atoms with Gasteiger partial charge in [-0.05, 0) is 24.8 Å². The predicted octanol–water partition coefficient (Wildman–Crippen LogP) is 1.75. The number of hydrogen-bond acceptors (Lipinski definition) is 6. The van der Waals surface area contributed by atoms with Crippen molar-refractivity contribution in [1.29, 1.82) is 0 Å². The molecule has 0 spiro atoms. The minimum atomic E-state index is -0.556. The van der Waals surface area contributed by atoms with Gasteiger partial charge in [-0.2, -0.15) is 11.8 Å². The summed E-state index contributed by atoms with van der Waals surface area (Å²) < 4.78 is 0. The third-order valence-electron chi connectivity index (χ3n) is 2.81. The molecule has 0 saturated heterocycles. The molecule has 20 heavy (non-hydrogen) atoms. The lowest BCUT2D eigenvalue weighted by Gasteiger charge is -2.16. The van der Waals surface area contributed by atoms with Gasteiger partial charge in [0.05, 0.1) is 4.92 Å². The largest absolute Gasteiger partial charge is 0.348 e. The van der Waals surface area contributed by atoms with E-state index in [1.807, 2.05) is 13.2 Å². The zero-order valence-electron chi connectivity index (χ0n) is 11.4. The Bertz CT molecular complexity index is 496. The second-order valence-electron chi connectivity index (χ2n) is 4.17. The minimum Gasteiger partial charge on any atom is -0.348 e. The van der Waals surface area contributed by atoms with Gasteiger partial charge in [0.15, 0.2) is 0 Å². The molecule has 1 unspecified atom stereocenters. The third-order valence-corrected chi connectivity index (χ3v) is 3.54. The Morgan fingerprint density at radius 1 is 1.55 bits per heavy atom. The maximum atomic E-state index is 12.1. The third kappa shape index (κ3) is 4.10. The molecule has 0 saturated carbocycles. The second-order valence-corrected chi connectivity index (χ2v) is 5.08. The molecule has 0 bridgehead atoms. The van der Waals surface area contributed by atoms with Crippen LogP contribution in [0, 0.1) is 10.1 Å². The maximum absolute atomic E-state index is 12.1. The summed E-state index contributed by atoms with van der Waals surface area (Å²) in [5.74, 6) is 5.79. The number of thioether (sulfide) groups is 1. The van der Waals surface area contributed by atoms with Crippen LogP contribution in [0.4, 0.5) is 11.4 Å². The van der Waals surface area contributed by atoms with Crippen LogP contribution in [0.25, 0.3) is 0 Å². The summed E-state index contributed by atoms with van der Waals surface area (Å²) >= 11 is 1.65. The van der Waals surface area contributed by atoms with Gasteiger partial charge in [-0.25, -0.2) is 0 Å². The van der Waals surface area contributed by atoms with Crippen molar-refractivity contribution in [3.8, 4) is 0 Å². The van der Waals surface area contributed by atoms with Crippen LogP contribution in [0.1, 0.15) is 23.7 Å². The van der Waals surface area contributed by atoms with Gasteiger partial charge in [0.1, 0.15) is 5.69 Å². The highest BCUT2D eigenvalue weighted by Crippen LogP contribution is 2.24. The summed E-state index contributed by atoms with van der Waals surface area (Å²) in [6.07, 6.45) is 2.79. The van der Waals surface area contributed by atoms with E-state index in [4.69, 9.17) is 5.84 Å². The Morgan fingerprint density at radius 2 is 2.25 bits per heavy atom. The first-order valence-corrected chi connectivity index (χ1v) is 7.47. The highest BCUT2D eigenvalue weighted by Gasteiger charge is 2.17. The molecule has 0 fully saturated rings. The number of hydrazine groups is 1. The number of carbonyl (C=O) groups excluding carboxylic acids is 1. The molecule has 8 heteroatoms. The monoisotopic (exact) mass is 298 g/mol. The van der Waals surface area contributed by atoms with Gasteiger partial charge in [0, 0.05) is 23.4 Å². The Balaban J connectivity index is 2.91. The summed E-state index contributed by atoms with van der Waals surface area (Å²) in [4.78, 5) is 22.3. The SMILES string of the molecule is CCC(CSC)NC(=O)c1ccc([N+](=O)[O-])c(NN)c1. The fourth-order valence-electron chi connectivity index (χ4n) is 1.68. The molecule has 1 rings (SSSR count). The van der Waals surface area contributed by atoms with Gasteiger partial charge in [-0.1, -0.05) is 6.92 Å². The zero-order chi connectivity index (χ0) is 15.1. The highest BCUT2D eigenvalue weighted by atomic mass is 32.2. The second kappa shape index (κ2) is 7.71. The van der Waals surface area contributed by atoms with E-state index in [0.29, 0.717) is 5.56 Å². The Hall–Kier alpha value is -1.80. The normalized spacial score (nSPS) is 11.8. The van der Waals surface area contributed by atoms with Crippen LogP contribution in [0.3, 0.4) is 0 Å². The number of nitrogens with one attached hydrogen (secondary N) is 2. The van der Waals surface area contributed by atoms with Crippen molar-refractivity contribution in [2.45, 2.75) is 19.4 Å². The van der Waals surface area contributed by atoms with E-state index in [9.17, 15) is 14.9 Å². The Kier molecular flexibility index (Phi) is 6.26. The van der Waals surface area contributed by atoms with Gasteiger partial charge < -0.3 is 10.7 Å². The first-order chi connectivity index (χ1) is 9.53. The van der Waals surface area contributed by atoms with Crippen LogP contribution < -0.4 is 16.6 Å². The van der Waals surface area contributed by atoms with Crippen molar-refractivity contribution in [2.75, 3.05) is 17.4 Å². The topological polar surface area (TPSA) is 110 Å². The average molecular weight is 298 g/mol. The molecule has 7 nitrogen and oxygen atoms in total. The number of nitrogens with zero attached hydrogens (tertiary/aromatic N) is 1. The molecule has 1 atom stereocenters. The van der Waals surface area contributed by atoms with Crippen molar-refractivity contribution in [2.24, 2.45) is 5.84 Å². The molecule has 0 aliphatic heterocycles. The molecule has 4 N–H and O–H groups in total. The molecule has 0 heterocycles. The van der Waals surface area contributed by atoms with Crippen molar-refractivity contribution >= 4 is 29.0 Å². The van der Waals surface area contributed by atoms with Crippen LogP contribution in [-0.4, -0.2) is 28.9 Å². The summed E-state index contributed by atoms with van der Waals surface area (Å²) in [5.41, 5.74) is 2.52. The van der Waals surface area contributed by atoms with E-state index in [1.165, 1.54) is 18.2 Å². The van der Waals surface area contributed by atoms with Gasteiger partial charge in [0.25, 0.3) is 11.6 Å². The lowest BCUT2D eigenvalue weighted by atomic mass is 10.1. The van der Waals surface area contributed by atoms with Crippen LogP contribution in [0.2, 0.25) is 0 Å². The van der Waals surface area contributed by atoms with E-state index in [1.54, 1.807) is 11.8 Å². The molecule has 110 valence electrons. The number of nitro groups is 1. The fraction of sp³-hybridized carbons (Fsp3) is 0.417. The molecule has 0 radical (unpaired) electrons. The van der Waals surface area contributed by atoms with Gasteiger partial charge >= 0.3 is 0 Å². The van der Waals surface area contributed by atoms with Crippen LogP contribution in [0.5, 0.6) is 0 Å². The molecule has 0 aliphatic carbocycles. The molecule has 1 aromatic rings. The summed E-state index contributed by atoms with van der Waals surface area (Å²) in [7, 11) is 0. The van der Waals surface area contributed by atoms with E-state index in [2.05, 4.69) is 10.7 Å². The summed E-state index contributed by atoms with van der Waals surface area (Å²) in [6.45, 7) is 1.99. The summed E-state index contributed by atoms with van der Waals surface area (Å²) in [5, 5.41) is 13.7. The van der Waals surface area contributed by atoms with Crippen molar-refractivity contribution in [1.82, 2.24) is 5.32 Å². The first-order valence-electron chi connectivity index (χ1n) is 6.08. The lowest BCUT2D eigenvalue weighted by molar-refractivity contribution is -0.384. The number of nitrogens with two attached hydrogens (primary N) is 1. The quantitative estimate of drug-likeness (QED) is 0.402. The fourth-order valence-corrected chi connectivity index (χ4v) is 2.40. The minimum absolute atomic E-state index is 0.0713. The van der Waals surface area contributed by atoms with Crippen LogP contribution in [-0.2, 0) is 0 Å². The van der Waals surface area contributed by atoms with Gasteiger partial charge in [-0.3, -0.25) is 20.8 Å². The van der Waals surface area contributed by atoms with Gasteiger partial charge in [0.2, 0.25) is 0 Å². The van der Waals surface area contributed by atoms with Crippen LogP contribution >= 0.6 is 11.8 Å². The standard InChI is InChI=1S/C12H18N4O3S/c1-3-9(7-20-2)14-12(17)8-4-5-11(16(18)19)10(6-8)15-13/h4-6,9,15H,3,7,13H2,1-2H3,(H,14,17). The van der Waals surface area contributed by atoms with Crippen molar-refractivity contribution in [3.05, 3.63) is 33.9 Å². The van der Waals surface area contributed by atoms with E-state index >= 15 is 0 Å². The number of benzene rings is 1. The van der Waals surface area contributed by atoms with E-state index < -0.39 is 4.92 Å². The smallest absolute Gasteiger partial charge is 0.293 e. The summed E-state index contributed by atoms with van der Waals surface area (Å²) in [6, 6.07) is 4.13. The Morgan fingerprint density at radius 3 is 2.75 bits per heavy atom. The molecule has 1 amide bonds. The number of amides is 1. The number of nitro benzene ring substituents is 1. The van der Waals surface area contributed by atoms with Crippen LogP contribution in [0.15, 0.2) is 18.2 Å². The molecule has 0 aromatic heterocycles. The number of rotatable bonds is 7. The van der Waals surface area contributed by atoms with E-state index in [-0.39, 0.29) is 23.3 Å². The molecule has 1 aromatic carbocycles. The predicted molar refractivity (Wildman–Crippen MR) is 80.8 cm³/mol. The number of nitrogen functional groups attached to an aromatic ring is 1. The molecular weight excluding hydrogens is 280 g/mol. The van der Waals surface area contributed by atoms with Crippen molar-refractivity contribution in [3.63, 3.8) is 0 Å². The van der Waals surface area contributed by atoms with E-state index in [0.717, 1.165) is 12.2 Å². The average Bonchev–Trinajstić information content (AvgIpc) is 2.45. The highest BCUT2D eigenvalue weighted by molar-refractivity contribution is 7.98. The van der Waals surface area contributed by atoms with Crippen molar-refractivity contribution < 1.29 is 9.72 Å². The molecule has 0 aliphatic rings. The Labute approximate surface area is 121 Å². The number of carbonyl (C=O) groups is 1. The first kappa shape index (κ1) is 16.3. The number of hydrogen-bond donors (Lipinski definition) is 3. The maximum Gasteiger partial charge on any atom is 0.293 e. The number of anilines is 1. The van der Waals surface area contributed by atoms with Gasteiger partial charge in [-0.15, -0.1) is 0 Å². The zero-order valence-corrected chi connectivity index (χ0v) is 12.2. The molecular formula is C12H18N4O3S.